The summed E-state index contributed by atoms with van der Waals surface area (Å²) in [5, 5.41) is 5.17. The third-order valence-electron chi connectivity index (χ3n) is 4.57. The fourth-order valence-corrected chi connectivity index (χ4v) is 3.76. The molecule has 0 unspecified atom stereocenters. The second-order valence-electron chi connectivity index (χ2n) is 6.52. The molecule has 0 aliphatic carbocycles. The Morgan fingerprint density at radius 1 is 1.17 bits per heavy atom. The molecule has 0 saturated carbocycles. The van der Waals surface area contributed by atoms with Gasteiger partial charge in [-0.25, -0.2) is 0 Å². The molecule has 30 heavy (non-hydrogen) atoms. The molecule has 5 nitrogen and oxygen atoms in total. The number of allylic oxidation sites excluding steroid dienone is 1. The number of ketones is 1. The van der Waals surface area contributed by atoms with E-state index in [1.165, 1.54) is 6.08 Å². The second-order valence-corrected chi connectivity index (χ2v) is 7.77. The van der Waals surface area contributed by atoms with Crippen LogP contribution in [-0.2, 0) is 13.7 Å². The summed E-state index contributed by atoms with van der Waals surface area (Å²) in [6.07, 6.45) is 4.82. The molecule has 156 valence electrons. The standard InChI is InChI=1S/C22H19Cl3N2O3/c1-13-17(11-26-27(13)2)20(28)6-4-14-5-7-21(29-3)15(8-14)12-30-22-18(24)9-16(23)10-19(22)25/h4-11H,12H2,1-3H3/b6-4+. The summed E-state index contributed by atoms with van der Waals surface area (Å²) in [6.45, 7) is 2.02. The molecule has 0 aliphatic rings. The highest BCUT2D eigenvalue weighted by molar-refractivity contribution is 6.40. The molecule has 0 radical (unpaired) electrons. The Bertz CT molecular complexity index is 1100. The maximum Gasteiger partial charge on any atom is 0.189 e. The summed E-state index contributed by atoms with van der Waals surface area (Å²) in [5.41, 5.74) is 2.97. The van der Waals surface area contributed by atoms with Crippen molar-refractivity contribution < 1.29 is 14.3 Å². The summed E-state index contributed by atoms with van der Waals surface area (Å²) in [4.78, 5) is 12.4. The topological polar surface area (TPSA) is 53.3 Å². The van der Waals surface area contributed by atoms with Gasteiger partial charge in [-0.15, -0.1) is 0 Å². The molecule has 2 aromatic carbocycles. The van der Waals surface area contributed by atoms with E-state index < -0.39 is 0 Å². The molecule has 0 spiro atoms. The van der Waals surface area contributed by atoms with E-state index in [-0.39, 0.29) is 12.4 Å². The summed E-state index contributed by atoms with van der Waals surface area (Å²) in [5.74, 6) is 0.865. The molecule has 3 aromatic rings. The Kier molecular flexibility index (Phi) is 7.08. The van der Waals surface area contributed by atoms with Gasteiger partial charge in [0.25, 0.3) is 0 Å². The highest BCUT2D eigenvalue weighted by atomic mass is 35.5. The van der Waals surface area contributed by atoms with Gasteiger partial charge in [0.1, 0.15) is 12.4 Å². The van der Waals surface area contributed by atoms with Crippen LogP contribution in [0, 0.1) is 6.92 Å². The fraction of sp³-hybridized carbons (Fsp3) is 0.182. The van der Waals surface area contributed by atoms with Gasteiger partial charge in [0.15, 0.2) is 11.5 Å². The number of carbonyl (C=O) groups excluding carboxylic acids is 1. The summed E-state index contributed by atoms with van der Waals surface area (Å²) >= 11 is 18.3. The molecule has 0 bridgehead atoms. The van der Waals surface area contributed by atoms with Gasteiger partial charge in [0.05, 0.1) is 28.9 Å². The quantitative estimate of drug-likeness (QED) is 0.309. The zero-order valence-electron chi connectivity index (χ0n) is 16.6. The van der Waals surface area contributed by atoms with E-state index in [0.29, 0.717) is 32.1 Å². The number of ether oxygens (including phenoxy) is 2. The normalized spacial score (nSPS) is 11.1. The summed E-state index contributed by atoms with van der Waals surface area (Å²) < 4.78 is 12.9. The minimum Gasteiger partial charge on any atom is -0.496 e. The molecule has 1 aromatic heterocycles. The van der Waals surface area contributed by atoms with E-state index in [0.717, 1.165) is 16.8 Å². The first-order chi connectivity index (χ1) is 14.3. The molecule has 8 heteroatoms. The minimum absolute atomic E-state index is 0.117. The highest BCUT2D eigenvalue weighted by Crippen LogP contribution is 2.36. The number of aryl methyl sites for hydroxylation is 1. The molecule has 0 N–H and O–H groups in total. The van der Waals surface area contributed by atoms with Crippen molar-refractivity contribution >= 4 is 46.7 Å². The number of aromatic nitrogens is 2. The lowest BCUT2D eigenvalue weighted by Crippen LogP contribution is -2.01. The lowest BCUT2D eigenvalue weighted by Gasteiger charge is -2.13. The Morgan fingerprint density at radius 2 is 1.87 bits per heavy atom. The van der Waals surface area contributed by atoms with Gasteiger partial charge in [0.2, 0.25) is 0 Å². The van der Waals surface area contributed by atoms with Crippen LogP contribution in [-0.4, -0.2) is 22.7 Å². The Balaban J connectivity index is 1.80. The van der Waals surface area contributed by atoms with Crippen LogP contribution in [0.1, 0.15) is 27.2 Å². The molecule has 0 aliphatic heterocycles. The Morgan fingerprint density at radius 3 is 2.47 bits per heavy atom. The molecule has 0 atom stereocenters. The van der Waals surface area contributed by atoms with Crippen molar-refractivity contribution in [1.29, 1.82) is 0 Å². The predicted molar refractivity (Wildman–Crippen MR) is 120 cm³/mol. The van der Waals surface area contributed by atoms with E-state index in [1.54, 1.807) is 43.2 Å². The largest absolute Gasteiger partial charge is 0.496 e. The minimum atomic E-state index is -0.117. The van der Waals surface area contributed by atoms with Gasteiger partial charge < -0.3 is 9.47 Å². The van der Waals surface area contributed by atoms with Gasteiger partial charge in [-0.05, 0) is 42.8 Å². The smallest absolute Gasteiger partial charge is 0.189 e. The van der Waals surface area contributed by atoms with Crippen molar-refractivity contribution in [3.63, 3.8) is 0 Å². The number of methoxy groups -OCH3 is 1. The van der Waals surface area contributed by atoms with Gasteiger partial charge in [-0.2, -0.15) is 5.10 Å². The lowest BCUT2D eigenvalue weighted by atomic mass is 10.1. The summed E-state index contributed by atoms with van der Waals surface area (Å²) in [7, 11) is 3.37. The number of rotatable bonds is 7. The van der Waals surface area contributed by atoms with E-state index in [2.05, 4.69) is 5.10 Å². The predicted octanol–water partition coefficient (Wildman–Crippen LogP) is 6.17. The van der Waals surface area contributed by atoms with Crippen molar-refractivity contribution in [1.82, 2.24) is 9.78 Å². The zero-order chi connectivity index (χ0) is 21.8. The maximum absolute atomic E-state index is 12.4. The van der Waals surface area contributed by atoms with Gasteiger partial charge >= 0.3 is 0 Å². The molecular formula is C22H19Cl3N2O3. The fourth-order valence-electron chi connectivity index (χ4n) is 2.83. The van der Waals surface area contributed by atoms with Crippen LogP contribution in [0.15, 0.2) is 42.6 Å². The van der Waals surface area contributed by atoms with Crippen molar-refractivity contribution in [3.05, 3.63) is 80.1 Å². The first-order valence-corrected chi connectivity index (χ1v) is 10.1. The second kappa shape index (κ2) is 9.56. The van der Waals surface area contributed by atoms with Gasteiger partial charge in [-0.1, -0.05) is 46.9 Å². The average molecular weight is 466 g/mol. The van der Waals surface area contributed by atoms with Crippen LogP contribution < -0.4 is 9.47 Å². The van der Waals surface area contributed by atoms with Gasteiger partial charge in [0, 0.05) is 23.3 Å². The van der Waals surface area contributed by atoms with Crippen LogP contribution in [0.2, 0.25) is 15.1 Å². The first kappa shape index (κ1) is 22.2. The van der Waals surface area contributed by atoms with Crippen LogP contribution in [0.25, 0.3) is 6.08 Å². The van der Waals surface area contributed by atoms with E-state index in [1.807, 2.05) is 25.1 Å². The van der Waals surface area contributed by atoms with Crippen molar-refractivity contribution in [3.8, 4) is 11.5 Å². The molecular weight excluding hydrogens is 447 g/mol. The number of benzene rings is 2. The monoisotopic (exact) mass is 464 g/mol. The molecule has 0 saturated heterocycles. The molecule has 0 amide bonds. The summed E-state index contributed by atoms with van der Waals surface area (Å²) in [6, 6.07) is 8.66. The van der Waals surface area contributed by atoms with Crippen molar-refractivity contribution in [2.24, 2.45) is 7.05 Å². The number of halogens is 3. The number of hydrogen-bond acceptors (Lipinski definition) is 4. The van der Waals surface area contributed by atoms with E-state index >= 15 is 0 Å². The lowest BCUT2D eigenvalue weighted by molar-refractivity contribution is 0.104. The maximum atomic E-state index is 12.4. The van der Waals surface area contributed by atoms with Crippen LogP contribution in [0.4, 0.5) is 0 Å². The van der Waals surface area contributed by atoms with Crippen molar-refractivity contribution in [2.45, 2.75) is 13.5 Å². The Labute approximate surface area is 189 Å². The Hall–Kier alpha value is -2.47. The molecule has 0 fully saturated rings. The zero-order valence-corrected chi connectivity index (χ0v) is 18.8. The van der Waals surface area contributed by atoms with Crippen LogP contribution >= 0.6 is 34.8 Å². The number of nitrogens with zero attached hydrogens (tertiary/aromatic N) is 2. The average Bonchev–Trinajstić information content (AvgIpc) is 3.04. The van der Waals surface area contributed by atoms with E-state index in [4.69, 9.17) is 44.3 Å². The van der Waals surface area contributed by atoms with Crippen LogP contribution in [0.5, 0.6) is 11.5 Å². The third kappa shape index (κ3) is 4.98. The van der Waals surface area contributed by atoms with Gasteiger partial charge in [-0.3, -0.25) is 9.48 Å². The number of hydrogen-bond donors (Lipinski definition) is 0. The number of carbonyl (C=O) groups is 1. The molecule has 1 heterocycles. The van der Waals surface area contributed by atoms with E-state index in [9.17, 15) is 4.79 Å². The van der Waals surface area contributed by atoms with Crippen molar-refractivity contribution in [2.75, 3.05) is 7.11 Å². The highest BCUT2D eigenvalue weighted by Gasteiger charge is 2.12. The first-order valence-electron chi connectivity index (χ1n) is 8.95. The third-order valence-corrected chi connectivity index (χ3v) is 5.35. The molecule has 3 rings (SSSR count). The SMILES string of the molecule is COc1ccc(/C=C/C(=O)c2cnn(C)c2C)cc1COc1c(Cl)cc(Cl)cc1Cl. The van der Waals surface area contributed by atoms with Crippen LogP contribution in [0.3, 0.4) is 0 Å².